The van der Waals surface area contributed by atoms with Crippen LogP contribution >= 0.6 is 0 Å². The number of aromatic amines is 1. The number of pyridine rings is 1. The van der Waals surface area contributed by atoms with E-state index in [1.54, 1.807) is 0 Å². The highest BCUT2D eigenvalue weighted by Crippen LogP contribution is 2.31. The minimum atomic E-state index is 0.828. The molecule has 1 aliphatic rings. The quantitative estimate of drug-likeness (QED) is 0.781. The van der Waals surface area contributed by atoms with Gasteiger partial charge in [-0.05, 0) is 55.9 Å². The summed E-state index contributed by atoms with van der Waals surface area (Å²) in [5, 5.41) is 1.31. The van der Waals surface area contributed by atoms with Gasteiger partial charge in [-0.2, -0.15) is 0 Å². The SMILES string of the molecule is Cc1[nH]c2ccnc(CCCc3cccc4c3OCC4)c2c1C. The van der Waals surface area contributed by atoms with Gasteiger partial charge in [0.15, 0.2) is 0 Å². The van der Waals surface area contributed by atoms with Gasteiger partial charge in [0.25, 0.3) is 0 Å². The number of nitrogens with zero attached hydrogens (tertiary/aromatic N) is 1. The van der Waals surface area contributed by atoms with Gasteiger partial charge < -0.3 is 9.72 Å². The number of aromatic nitrogens is 2. The zero-order valence-electron chi connectivity index (χ0n) is 13.8. The molecule has 0 saturated carbocycles. The van der Waals surface area contributed by atoms with Gasteiger partial charge in [0.2, 0.25) is 0 Å². The smallest absolute Gasteiger partial charge is 0.125 e. The highest BCUT2D eigenvalue weighted by Gasteiger charge is 2.16. The molecular weight excluding hydrogens is 284 g/mol. The van der Waals surface area contributed by atoms with Crippen LogP contribution in [0.15, 0.2) is 30.5 Å². The van der Waals surface area contributed by atoms with Crippen molar-refractivity contribution in [2.75, 3.05) is 6.61 Å². The Labute approximate surface area is 136 Å². The van der Waals surface area contributed by atoms with Crippen molar-refractivity contribution in [1.29, 1.82) is 0 Å². The molecule has 1 aromatic carbocycles. The van der Waals surface area contributed by atoms with Crippen LogP contribution in [0.5, 0.6) is 5.75 Å². The second-order valence-corrected chi connectivity index (χ2v) is 6.41. The maximum atomic E-state index is 5.80. The second kappa shape index (κ2) is 5.73. The summed E-state index contributed by atoms with van der Waals surface area (Å²) in [6.07, 6.45) is 6.10. The number of rotatable bonds is 4. The molecule has 4 rings (SSSR count). The molecule has 0 aliphatic carbocycles. The average Bonchev–Trinajstić information content (AvgIpc) is 3.14. The molecule has 3 aromatic rings. The van der Waals surface area contributed by atoms with E-state index < -0.39 is 0 Å². The molecule has 0 spiro atoms. The first kappa shape index (κ1) is 14.3. The molecule has 23 heavy (non-hydrogen) atoms. The number of hydrogen-bond acceptors (Lipinski definition) is 2. The zero-order chi connectivity index (χ0) is 15.8. The van der Waals surface area contributed by atoms with Crippen LogP contribution in [0.1, 0.15) is 34.5 Å². The van der Waals surface area contributed by atoms with Crippen molar-refractivity contribution < 1.29 is 4.74 Å². The van der Waals surface area contributed by atoms with Gasteiger partial charge in [0.05, 0.1) is 6.61 Å². The Balaban J connectivity index is 1.53. The molecule has 2 aromatic heterocycles. The van der Waals surface area contributed by atoms with Crippen molar-refractivity contribution in [3.8, 4) is 5.75 Å². The van der Waals surface area contributed by atoms with Gasteiger partial charge in [0.1, 0.15) is 5.75 Å². The number of nitrogens with one attached hydrogen (secondary N) is 1. The number of aryl methyl sites for hydroxylation is 4. The molecule has 0 atom stereocenters. The molecule has 3 heteroatoms. The summed E-state index contributed by atoms with van der Waals surface area (Å²) in [4.78, 5) is 8.08. The first-order chi connectivity index (χ1) is 11.2. The largest absolute Gasteiger partial charge is 0.493 e. The minimum absolute atomic E-state index is 0.828. The van der Waals surface area contributed by atoms with Gasteiger partial charge in [-0.3, -0.25) is 4.98 Å². The molecule has 3 heterocycles. The third kappa shape index (κ3) is 2.50. The Morgan fingerprint density at radius 2 is 2.09 bits per heavy atom. The van der Waals surface area contributed by atoms with E-state index in [4.69, 9.17) is 4.74 Å². The van der Waals surface area contributed by atoms with Crippen LogP contribution in [0.4, 0.5) is 0 Å². The van der Waals surface area contributed by atoms with E-state index in [0.29, 0.717) is 0 Å². The lowest BCUT2D eigenvalue weighted by molar-refractivity contribution is 0.353. The first-order valence-electron chi connectivity index (χ1n) is 8.40. The zero-order valence-corrected chi connectivity index (χ0v) is 13.8. The predicted octanol–water partition coefficient (Wildman–Crippen LogP) is 4.29. The van der Waals surface area contributed by atoms with Gasteiger partial charge in [-0.25, -0.2) is 0 Å². The van der Waals surface area contributed by atoms with Crippen LogP contribution in [0, 0.1) is 13.8 Å². The Bertz CT molecular complexity index is 863. The van der Waals surface area contributed by atoms with E-state index in [0.717, 1.165) is 38.0 Å². The van der Waals surface area contributed by atoms with E-state index >= 15 is 0 Å². The summed E-state index contributed by atoms with van der Waals surface area (Å²) in [5.74, 6) is 1.13. The van der Waals surface area contributed by atoms with Gasteiger partial charge in [0, 0.05) is 34.9 Å². The summed E-state index contributed by atoms with van der Waals surface area (Å²) in [5.41, 5.74) is 7.68. The average molecular weight is 306 g/mol. The molecule has 0 amide bonds. The number of H-pyrrole nitrogens is 1. The van der Waals surface area contributed by atoms with Crippen molar-refractivity contribution >= 4 is 10.9 Å². The Kier molecular flexibility index (Phi) is 3.56. The predicted molar refractivity (Wildman–Crippen MR) is 93.2 cm³/mol. The molecule has 0 unspecified atom stereocenters. The molecule has 0 bridgehead atoms. The van der Waals surface area contributed by atoms with Crippen molar-refractivity contribution in [1.82, 2.24) is 9.97 Å². The Morgan fingerprint density at radius 3 is 3.00 bits per heavy atom. The molecule has 0 saturated heterocycles. The number of ether oxygens (including phenoxy) is 1. The molecule has 3 nitrogen and oxygen atoms in total. The van der Waals surface area contributed by atoms with Crippen LogP contribution in [-0.4, -0.2) is 16.6 Å². The van der Waals surface area contributed by atoms with Crippen LogP contribution in [-0.2, 0) is 19.3 Å². The van der Waals surface area contributed by atoms with Crippen molar-refractivity contribution in [2.24, 2.45) is 0 Å². The normalized spacial score (nSPS) is 13.3. The summed E-state index contributed by atoms with van der Waals surface area (Å²) in [7, 11) is 0. The molecule has 0 radical (unpaired) electrons. The fourth-order valence-electron chi connectivity index (χ4n) is 3.63. The molecular formula is C20H22N2O. The number of hydrogen-bond donors (Lipinski definition) is 1. The van der Waals surface area contributed by atoms with Crippen LogP contribution in [0.25, 0.3) is 10.9 Å². The lowest BCUT2D eigenvalue weighted by atomic mass is 10.0. The number of benzene rings is 1. The van der Waals surface area contributed by atoms with Crippen molar-refractivity contribution in [2.45, 2.75) is 39.5 Å². The maximum absolute atomic E-state index is 5.80. The summed E-state index contributed by atoms with van der Waals surface area (Å²) < 4.78 is 5.80. The van der Waals surface area contributed by atoms with Gasteiger partial charge in [-0.1, -0.05) is 18.2 Å². The third-order valence-corrected chi connectivity index (χ3v) is 4.94. The maximum Gasteiger partial charge on any atom is 0.125 e. The Hall–Kier alpha value is -2.29. The second-order valence-electron chi connectivity index (χ2n) is 6.41. The van der Waals surface area contributed by atoms with Crippen LogP contribution in [0.2, 0.25) is 0 Å². The van der Waals surface area contributed by atoms with Crippen molar-refractivity contribution in [3.05, 3.63) is 58.5 Å². The van der Waals surface area contributed by atoms with Crippen molar-refractivity contribution in [3.63, 3.8) is 0 Å². The highest BCUT2D eigenvalue weighted by molar-refractivity contribution is 5.86. The third-order valence-electron chi connectivity index (χ3n) is 4.94. The summed E-state index contributed by atoms with van der Waals surface area (Å²) in [6, 6.07) is 8.60. The lowest BCUT2D eigenvalue weighted by Crippen LogP contribution is -1.96. The Morgan fingerprint density at radius 1 is 1.17 bits per heavy atom. The van der Waals surface area contributed by atoms with E-state index in [1.807, 2.05) is 6.20 Å². The van der Waals surface area contributed by atoms with Gasteiger partial charge in [-0.15, -0.1) is 0 Å². The topological polar surface area (TPSA) is 37.9 Å². The fraction of sp³-hybridized carbons (Fsp3) is 0.350. The van der Waals surface area contributed by atoms with E-state index in [-0.39, 0.29) is 0 Å². The molecule has 1 N–H and O–H groups in total. The highest BCUT2D eigenvalue weighted by atomic mass is 16.5. The summed E-state index contributed by atoms with van der Waals surface area (Å²) in [6.45, 7) is 5.13. The van der Waals surface area contributed by atoms with Crippen LogP contribution in [0.3, 0.4) is 0 Å². The number of para-hydroxylation sites is 1. The van der Waals surface area contributed by atoms with E-state index in [1.165, 1.54) is 39.0 Å². The first-order valence-corrected chi connectivity index (χ1v) is 8.40. The van der Waals surface area contributed by atoms with E-state index in [2.05, 4.69) is 48.1 Å². The lowest BCUT2D eigenvalue weighted by Gasteiger charge is -2.08. The standard InChI is InChI=1S/C20H22N2O/c1-13-14(2)22-18-9-11-21-17(19(13)18)8-4-7-15-5-3-6-16-10-12-23-20(15)16/h3,5-6,9,11,22H,4,7-8,10,12H2,1-2H3. The monoisotopic (exact) mass is 306 g/mol. The number of fused-ring (bicyclic) bond motifs is 2. The summed E-state index contributed by atoms with van der Waals surface area (Å²) >= 11 is 0. The fourth-order valence-corrected chi connectivity index (χ4v) is 3.63. The van der Waals surface area contributed by atoms with E-state index in [9.17, 15) is 0 Å². The minimum Gasteiger partial charge on any atom is -0.493 e. The van der Waals surface area contributed by atoms with Crippen LogP contribution < -0.4 is 4.74 Å². The molecule has 0 fully saturated rings. The van der Waals surface area contributed by atoms with Gasteiger partial charge >= 0.3 is 0 Å². The molecule has 1 aliphatic heterocycles. The molecule has 118 valence electrons.